The van der Waals surface area contributed by atoms with Crippen molar-refractivity contribution >= 4 is 23.5 Å². The molecule has 0 spiro atoms. The highest BCUT2D eigenvalue weighted by Crippen LogP contribution is 2.26. The highest BCUT2D eigenvalue weighted by molar-refractivity contribution is 6.23. The van der Waals surface area contributed by atoms with Gasteiger partial charge in [-0.1, -0.05) is 37.1 Å². The van der Waals surface area contributed by atoms with Crippen molar-refractivity contribution in [1.82, 2.24) is 10.2 Å². The quantitative estimate of drug-likeness (QED) is 0.470. The smallest absolute Gasteiger partial charge is 0.318 e. The molecule has 1 N–H and O–H groups in total. The van der Waals surface area contributed by atoms with Crippen LogP contribution in [0.1, 0.15) is 31.7 Å². The zero-order valence-corrected chi connectivity index (χ0v) is 14.8. The highest BCUT2D eigenvalue weighted by atomic mass is 16.2. The number of carbonyl (C=O) groups is 3. The molecule has 0 radical (unpaired) electrons. The molecular weight excluding hydrogens is 318 g/mol. The molecule has 0 saturated carbocycles. The van der Waals surface area contributed by atoms with Gasteiger partial charge in [0.25, 0.3) is 5.91 Å². The van der Waals surface area contributed by atoms with Crippen LogP contribution in [0.3, 0.4) is 0 Å². The molecule has 0 aromatic heterocycles. The predicted molar refractivity (Wildman–Crippen MR) is 97.3 cm³/mol. The van der Waals surface area contributed by atoms with Gasteiger partial charge in [0.15, 0.2) is 0 Å². The van der Waals surface area contributed by atoms with E-state index in [0.717, 1.165) is 18.4 Å². The monoisotopic (exact) mass is 343 g/mol. The second-order valence-corrected chi connectivity index (χ2v) is 6.15. The summed E-state index contributed by atoms with van der Waals surface area (Å²) >= 11 is 0. The van der Waals surface area contributed by atoms with Crippen LogP contribution in [0.25, 0.3) is 0 Å². The molecule has 1 fully saturated rings. The summed E-state index contributed by atoms with van der Waals surface area (Å²) < 4.78 is 0. The van der Waals surface area contributed by atoms with Crippen LogP contribution in [0.4, 0.5) is 10.5 Å². The van der Waals surface area contributed by atoms with E-state index in [9.17, 15) is 14.4 Å². The van der Waals surface area contributed by atoms with E-state index in [1.165, 1.54) is 9.80 Å². The molecule has 0 bridgehead atoms. The number of benzene rings is 1. The molecule has 0 aliphatic carbocycles. The summed E-state index contributed by atoms with van der Waals surface area (Å²) in [5, 5.41) is 2.80. The molecule has 1 aliphatic heterocycles. The fourth-order valence-corrected chi connectivity index (χ4v) is 2.79. The van der Waals surface area contributed by atoms with Crippen LogP contribution in [-0.4, -0.2) is 41.9 Å². The fraction of sp³-hybridized carbons (Fsp3) is 0.421. The average Bonchev–Trinajstić information content (AvgIpc) is 2.88. The summed E-state index contributed by atoms with van der Waals surface area (Å²) in [5.41, 5.74) is 1.58. The first-order valence-corrected chi connectivity index (χ1v) is 8.58. The Morgan fingerprint density at radius 3 is 2.64 bits per heavy atom. The summed E-state index contributed by atoms with van der Waals surface area (Å²) in [6.45, 7) is 8.37. The van der Waals surface area contributed by atoms with Gasteiger partial charge in [-0.2, -0.15) is 0 Å². The van der Waals surface area contributed by atoms with Crippen LogP contribution < -0.4 is 10.2 Å². The lowest BCUT2D eigenvalue weighted by molar-refractivity contribution is -0.122. The summed E-state index contributed by atoms with van der Waals surface area (Å²) in [6.07, 6.45) is 3.37. The first-order chi connectivity index (χ1) is 12.0. The number of urea groups is 1. The van der Waals surface area contributed by atoms with Crippen LogP contribution >= 0.6 is 0 Å². The minimum absolute atomic E-state index is 0.0122. The number of unbranched alkanes of at least 4 members (excludes halogenated alkanes) is 1. The van der Waals surface area contributed by atoms with Crippen LogP contribution in [0.2, 0.25) is 0 Å². The summed E-state index contributed by atoms with van der Waals surface area (Å²) in [5.74, 6) is -0.671. The van der Waals surface area contributed by atoms with Crippen LogP contribution in [0.5, 0.6) is 0 Å². The number of amides is 4. The highest BCUT2D eigenvalue weighted by Gasteiger charge is 2.44. The number of anilines is 1. The Labute approximate surface area is 148 Å². The number of hydrogen-bond acceptors (Lipinski definition) is 3. The molecule has 6 heteroatoms. The second-order valence-electron chi connectivity index (χ2n) is 6.15. The Balaban J connectivity index is 2.18. The van der Waals surface area contributed by atoms with Gasteiger partial charge in [0.05, 0.1) is 12.1 Å². The molecule has 4 amide bonds. The topological polar surface area (TPSA) is 69.7 Å². The van der Waals surface area contributed by atoms with Gasteiger partial charge in [-0.25, -0.2) is 9.69 Å². The third-order valence-electron chi connectivity index (χ3n) is 4.18. The predicted octanol–water partition coefficient (Wildman–Crippen LogP) is 2.62. The lowest BCUT2D eigenvalue weighted by atomic mass is 10.2. The number of nitrogens with zero attached hydrogens (tertiary/aromatic N) is 2. The van der Waals surface area contributed by atoms with Gasteiger partial charge in [-0.3, -0.25) is 9.59 Å². The van der Waals surface area contributed by atoms with Crippen molar-refractivity contribution in [3.63, 3.8) is 0 Å². The zero-order chi connectivity index (χ0) is 18.4. The maximum absolute atomic E-state index is 12.8. The number of nitrogens with one attached hydrogen (secondary N) is 1. The molecule has 1 aromatic carbocycles. The first-order valence-electron chi connectivity index (χ1n) is 8.58. The third-order valence-corrected chi connectivity index (χ3v) is 4.18. The van der Waals surface area contributed by atoms with Crippen molar-refractivity contribution in [3.8, 4) is 0 Å². The SMILES string of the molecule is C=CCN(C(=O)NCCCC)C1CC(=O)N(c2ccc(C)cc2)C1=O. The van der Waals surface area contributed by atoms with Crippen molar-refractivity contribution in [1.29, 1.82) is 0 Å². The van der Waals surface area contributed by atoms with Gasteiger partial charge >= 0.3 is 6.03 Å². The molecule has 6 nitrogen and oxygen atoms in total. The first kappa shape index (κ1) is 18.7. The van der Waals surface area contributed by atoms with E-state index in [2.05, 4.69) is 11.9 Å². The lowest BCUT2D eigenvalue weighted by Crippen LogP contribution is -2.49. The molecule has 1 unspecified atom stereocenters. The number of rotatable bonds is 7. The Bertz CT molecular complexity index is 654. The van der Waals surface area contributed by atoms with Crippen molar-refractivity contribution in [2.24, 2.45) is 0 Å². The largest absolute Gasteiger partial charge is 0.338 e. The summed E-state index contributed by atoms with van der Waals surface area (Å²) in [6, 6.07) is 6.04. The molecule has 1 aliphatic rings. The van der Waals surface area contributed by atoms with Gasteiger partial charge in [0.2, 0.25) is 5.91 Å². The van der Waals surface area contributed by atoms with Crippen molar-refractivity contribution in [3.05, 3.63) is 42.5 Å². The van der Waals surface area contributed by atoms with Crippen molar-refractivity contribution in [2.75, 3.05) is 18.0 Å². The third kappa shape index (κ3) is 4.26. The lowest BCUT2D eigenvalue weighted by Gasteiger charge is -2.26. The van der Waals surface area contributed by atoms with Crippen LogP contribution in [-0.2, 0) is 9.59 Å². The number of carbonyl (C=O) groups excluding carboxylic acids is 3. The van der Waals surface area contributed by atoms with Gasteiger partial charge in [0, 0.05) is 13.1 Å². The van der Waals surface area contributed by atoms with Crippen LogP contribution in [0, 0.1) is 6.92 Å². The maximum Gasteiger partial charge on any atom is 0.318 e. The zero-order valence-electron chi connectivity index (χ0n) is 14.8. The molecule has 1 heterocycles. The molecule has 1 saturated heterocycles. The van der Waals surface area contributed by atoms with Gasteiger partial charge < -0.3 is 10.2 Å². The normalized spacial score (nSPS) is 16.9. The number of imide groups is 1. The van der Waals surface area contributed by atoms with Crippen molar-refractivity contribution < 1.29 is 14.4 Å². The second kappa shape index (κ2) is 8.46. The molecule has 25 heavy (non-hydrogen) atoms. The maximum atomic E-state index is 12.8. The minimum Gasteiger partial charge on any atom is -0.338 e. The Hall–Kier alpha value is -2.63. The number of hydrogen-bond donors (Lipinski definition) is 1. The molecular formula is C19H25N3O3. The Morgan fingerprint density at radius 1 is 1.36 bits per heavy atom. The van der Waals surface area contributed by atoms with E-state index in [1.54, 1.807) is 18.2 Å². The van der Waals surface area contributed by atoms with E-state index >= 15 is 0 Å². The van der Waals surface area contributed by atoms with E-state index < -0.39 is 6.04 Å². The van der Waals surface area contributed by atoms with Gasteiger partial charge in [0.1, 0.15) is 6.04 Å². The Kier molecular flexibility index (Phi) is 6.33. The number of aryl methyl sites for hydroxylation is 1. The summed E-state index contributed by atoms with van der Waals surface area (Å²) in [4.78, 5) is 40.2. The van der Waals surface area contributed by atoms with Crippen LogP contribution in [0.15, 0.2) is 36.9 Å². The summed E-state index contributed by atoms with van der Waals surface area (Å²) in [7, 11) is 0. The van der Waals surface area contributed by atoms with E-state index in [4.69, 9.17) is 0 Å². The fourth-order valence-electron chi connectivity index (χ4n) is 2.79. The van der Waals surface area contributed by atoms with Crippen molar-refractivity contribution in [2.45, 2.75) is 39.2 Å². The standard InChI is InChI=1S/C19H25N3O3/c1-4-6-11-20-19(25)21(12-5-2)16-13-17(23)22(18(16)24)15-9-7-14(3)8-10-15/h5,7-10,16H,2,4,6,11-13H2,1,3H3,(H,20,25). The Morgan fingerprint density at radius 2 is 2.04 bits per heavy atom. The average molecular weight is 343 g/mol. The van der Waals surface area contributed by atoms with E-state index in [1.807, 2.05) is 26.0 Å². The van der Waals surface area contributed by atoms with Gasteiger partial charge in [-0.05, 0) is 25.5 Å². The molecule has 1 atom stereocenters. The molecule has 1 aromatic rings. The van der Waals surface area contributed by atoms with Gasteiger partial charge in [-0.15, -0.1) is 6.58 Å². The van der Waals surface area contributed by atoms with E-state index in [0.29, 0.717) is 12.2 Å². The molecule has 134 valence electrons. The minimum atomic E-state index is -0.798. The van der Waals surface area contributed by atoms with E-state index in [-0.39, 0.29) is 30.8 Å². The molecule has 2 rings (SSSR count).